The Bertz CT molecular complexity index is 3330. The third-order valence-electron chi connectivity index (χ3n) is 13.8. The lowest BCUT2D eigenvalue weighted by Gasteiger charge is -2.44. The zero-order valence-corrected chi connectivity index (χ0v) is 36.6. The number of hydrogen-bond acceptors (Lipinski definition) is 4. The Kier molecular flexibility index (Phi) is 9.38. The molecule has 9 aromatic carbocycles. The Balaban J connectivity index is 1.01. The van der Waals surface area contributed by atoms with Crippen LogP contribution in [0.15, 0.2) is 266 Å². The van der Waals surface area contributed by atoms with E-state index in [1.807, 2.05) is 0 Å². The largest absolute Gasteiger partial charge is 0.459 e. The highest BCUT2D eigenvalue weighted by Gasteiger charge is 2.48. The maximum atomic E-state index is 7.17. The first-order valence-corrected chi connectivity index (χ1v) is 23.1. The Labute approximate surface area is 391 Å². The van der Waals surface area contributed by atoms with Crippen LogP contribution in [0.2, 0.25) is 0 Å². The summed E-state index contributed by atoms with van der Waals surface area (Å²) in [4.78, 5) is 4.78. The second-order valence-electron chi connectivity index (χ2n) is 17.5. The molecule has 67 heavy (non-hydrogen) atoms. The second-order valence-corrected chi connectivity index (χ2v) is 17.5. The van der Waals surface area contributed by atoms with Gasteiger partial charge >= 0.3 is 0 Å². The van der Waals surface area contributed by atoms with Crippen molar-refractivity contribution in [3.8, 4) is 39.5 Å². The summed E-state index contributed by atoms with van der Waals surface area (Å²) in [7, 11) is 0. The third kappa shape index (κ3) is 6.62. The van der Waals surface area contributed by atoms with Crippen LogP contribution in [0.25, 0.3) is 33.0 Å². The van der Waals surface area contributed by atoms with Gasteiger partial charge in [-0.3, -0.25) is 0 Å². The molecule has 0 spiro atoms. The van der Waals surface area contributed by atoms with E-state index in [9.17, 15) is 0 Å². The number of para-hydroxylation sites is 2. The van der Waals surface area contributed by atoms with E-state index in [0.717, 1.165) is 73.4 Å². The van der Waals surface area contributed by atoms with E-state index >= 15 is 0 Å². The standard InChI is InChI=1S/C62H43BN2O2/c1-5-18-42(19-6-1)44-32-36-48(37-33-44)65(49-38-34-45(35-39-49)43-20-7-2-8-21-43)55-41-59-61(53-29-16-14-27-51(53)55)63-60-52-28-15-13-26-50(52)54(40-58(60)66-56-30-17-31-57(67-59)62(56)63)64(46-22-9-3-10-23-46)47-24-11-4-12-25-47/h1-41,51,53H. The van der Waals surface area contributed by atoms with Crippen LogP contribution in [0, 0.1) is 11.8 Å². The molecule has 2 atom stereocenters. The van der Waals surface area contributed by atoms with Crippen LogP contribution >= 0.6 is 0 Å². The van der Waals surface area contributed by atoms with Gasteiger partial charge in [-0.2, -0.15) is 0 Å². The lowest BCUT2D eigenvalue weighted by molar-refractivity contribution is 0.411. The number of allylic oxidation sites excluding steroid dienone is 6. The molecule has 0 aromatic heterocycles. The Morgan fingerprint density at radius 1 is 0.373 bits per heavy atom. The van der Waals surface area contributed by atoms with E-state index in [-0.39, 0.29) is 18.5 Å². The van der Waals surface area contributed by atoms with Gasteiger partial charge in [-0.1, -0.05) is 176 Å². The van der Waals surface area contributed by atoms with Crippen molar-refractivity contribution in [1.29, 1.82) is 0 Å². The summed E-state index contributed by atoms with van der Waals surface area (Å²) in [5, 5.41) is 2.31. The third-order valence-corrected chi connectivity index (χ3v) is 13.8. The van der Waals surface area contributed by atoms with Crippen molar-refractivity contribution < 1.29 is 9.47 Å². The first-order valence-electron chi connectivity index (χ1n) is 23.1. The topological polar surface area (TPSA) is 24.9 Å². The van der Waals surface area contributed by atoms with Gasteiger partial charge in [0.2, 0.25) is 0 Å². The van der Waals surface area contributed by atoms with Gasteiger partial charge in [0, 0.05) is 63.3 Å². The van der Waals surface area contributed by atoms with Crippen LogP contribution in [0.5, 0.6) is 17.2 Å². The van der Waals surface area contributed by atoms with Crippen molar-refractivity contribution in [3.05, 3.63) is 266 Å². The summed E-state index contributed by atoms with van der Waals surface area (Å²) in [5.41, 5.74) is 14.8. The number of rotatable bonds is 8. The van der Waals surface area contributed by atoms with Gasteiger partial charge in [-0.05, 0) is 99.2 Å². The van der Waals surface area contributed by atoms with Gasteiger partial charge in [-0.15, -0.1) is 0 Å². The fourth-order valence-electron chi connectivity index (χ4n) is 10.8. The number of benzene rings is 9. The molecular formula is C62H43BN2O2. The van der Waals surface area contributed by atoms with Gasteiger partial charge in [0.05, 0.1) is 5.69 Å². The van der Waals surface area contributed by atoms with E-state index < -0.39 is 0 Å². The first-order chi connectivity index (χ1) is 33.2. The molecule has 0 bridgehead atoms. The van der Waals surface area contributed by atoms with Crippen molar-refractivity contribution >= 4 is 56.8 Å². The van der Waals surface area contributed by atoms with Gasteiger partial charge in [0.15, 0.2) is 0 Å². The van der Waals surface area contributed by atoms with Crippen LogP contribution < -0.4 is 30.2 Å². The summed E-state index contributed by atoms with van der Waals surface area (Å²) >= 11 is 0. The van der Waals surface area contributed by atoms with Gasteiger partial charge in [-0.25, -0.2) is 0 Å². The van der Waals surface area contributed by atoms with E-state index in [4.69, 9.17) is 9.47 Å². The molecule has 316 valence electrons. The first kappa shape index (κ1) is 38.9. The minimum atomic E-state index is -0.121. The molecule has 4 nitrogen and oxygen atoms in total. The van der Waals surface area contributed by atoms with Crippen molar-refractivity contribution in [3.63, 3.8) is 0 Å². The van der Waals surface area contributed by atoms with Crippen LogP contribution in [0.4, 0.5) is 28.4 Å². The zero-order chi connectivity index (χ0) is 44.3. The van der Waals surface area contributed by atoms with E-state index in [1.54, 1.807) is 0 Å². The number of ether oxygens (including phenoxy) is 2. The average molecular weight is 859 g/mol. The Morgan fingerprint density at radius 3 is 1.43 bits per heavy atom. The SMILES string of the molecule is C1=CC2C(N(c3ccc(-c4ccccc4)cc3)c3ccc(-c4ccccc4)cc3)=CC3=C(B4c5c(cccc5Oc5cc(N(c6ccccc6)c6ccccc6)c6ccccc6c54)O3)C2C=C1. The Morgan fingerprint density at radius 2 is 0.851 bits per heavy atom. The number of fused-ring (bicyclic) bond motifs is 7. The fraction of sp³-hybridized carbons (Fsp3) is 0.0323. The molecule has 9 aromatic rings. The molecule has 2 aliphatic heterocycles. The smallest absolute Gasteiger partial charge is 0.257 e. The fourth-order valence-corrected chi connectivity index (χ4v) is 10.8. The number of anilines is 5. The van der Waals surface area contributed by atoms with Gasteiger partial charge < -0.3 is 19.3 Å². The van der Waals surface area contributed by atoms with Crippen molar-refractivity contribution in [2.75, 3.05) is 9.80 Å². The highest BCUT2D eigenvalue weighted by Crippen LogP contribution is 2.50. The molecule has 0 radical (unpaired) electrons. The highest BCUT2D eigenvalue weighted by molar-refractivity contribution is 6.95. The van der Waals surface area contributed by atoms with Crippen molar-refractivity contribution in [1.82, 2.24) is 0 Å². The molecule has 0 saturated carbocycles. The average Bonchev–Trinajstić information content (AvgIpc) is 3.40. The van der Waals surface area contributed by atoms with Gasteiger partial charge in [0.1, 0.15) is 23.0 Å². The minimum absolute atomic E-state index is 0.00425. The highest BCUT2D eigenvalue weighted by atomic mass is 16.5. The van der Waals surface area contributed by atoms with Crippen LogP contribution in [0.1, 0.15) is 0 Å². The summed E-state index contributed by atoms with van der Waals surface area (Å²) in [6.07, 6.45) is 11.5. The molecule has 2 aliphatic carbocycles. The van der Waals surface area contributed by atoms with E-state index in [0.29, 0.717) is 0 Å². The molecule has 2 unspecified atom stereocenters. The minimum Gasteiger partial charge on any atom is -0.459 e. The van der Waals surface area contributed by atoms with E-state index in [2.05, 4.69) is 259 Å². The molecule has 5 heteroatoms. The monoisotopic (exact) mass is 858 g/mol. The molecular weight excluding hydrogens is 816 g/mol. The molecule has 0 fully saturated rings. The molecule has 13 rings (SSSR count). The lowest BCUT2D eigenvalue weighted by Crippen LogP contribution is -2.54. The molecule has 4 aliphatic rings. The second kappa shape index (κ2) is 16.2. The predicted octanol–water partition coefficient (Wildman–Crippen LogP) is 14.6. The summed E-state index contributed by atoms with van der Waals surface area (Å²) in [6.45, 7) is -0.121. The van der Waals surface area contributed by atoms with Crippen molar-refractivity contribution in [2.24, 2.45) is 11.8 Å². The maximum Gasteiger partial charge on any atom is 0.257 e. The summed E-state index contributed by atoms with van der Waals surface area (Å²) in [6, 6.07) is 77.8. The summed E-state index contributed by atoms with van der Waals surface area (Å²) in [5.74, 6) is 3.39. The number of nitrogens with zero attached hydrogens (tertiary/aromatic N) is 2. The molecule has 2 heterocycles. The predicted molar refractivity (Wildman–Crippen MR) is 277 cm³/mol. The van der Waals surface area contributed by atoms with Crippen LogP contribution in [-0.2, 0) is 0 Å². The van der Waals surface area contributed by atoms with Crippen LogP contribution in [0.3, 0.4) is 0 Å². The van der Waals surface area contributed by atoms with E-state index in [1.165, 1.54) is 33.2 Å². The molecule has 0 N–H and O–H groups in total. The Hall–Kier alpha value is -8.54. The zero-order valence-electron chi connectivity index (χ0n) is 36.6. The van der Waals surface area contributed by atoms with Crippen molar-refractivity contribution in [2.45, 2.75) is 0 Å². The van der Waals surface area contributed by atoms with Crippen LogP contribution in [-0.4, -0.2) is 6.71 Å². The lowest BCUT2D eigenvalue weighted by atomic mass is 9.31. The maximum absolute atomic E-state index is 7.17. The quantitative estimate of drug-likeness (QED) is 0.142. The summed E-state index contributed by atoms with van der Waals surface area (Å²) < 4.78 is 14.3. The molecule has 0 saturated heterocycles. The molecule has 0 amide bonds. The van der Waals surface area contributed by atoms with Gasteiger partial charge in [0.25, 0.3) is 6.71 Å². The normalized spacial score (nSPS) is 16.2. The number of hydrogen-bond donors (Lipinski definition) is 0.